The standard InChI is InChI=1S/C17H18ClFN2O2S/c18-16-2-1-15(17(19)11-16)12-24(22,23)21-9-5-14(6-10-21)13-3-7-20-8-4-13/h1-4,7-8,11,14H,5-6,9-10,12H2. The second-order valence-corrected chi connectivity index (χ2v) is 8.35. The van der Waals surface area contributed by atoms with Crippen LogP contribution in [0, 0.1) is 5.82 Å². The van der Waals surface area contributed by atoms with E-state index in [2.05, 4.69) is 4.98 Å². The van der Waals surface area contributed by atoms with Crippen molar-refractivity contribution in [3.05, 3.63) is 64.7 Å². The SMILES string of the molecule is O=S(=O)(Cc1ccc(Cl)cc1F)N1CCC(c2ccncc2)CC1. The summed E-state index contributed by atoms with van der Waals surface area (Å²) in [6.07, 6.45) is 5.02. The van der Waals surface area contributed by atoms with E-state index in [1.165, 1.54) is 22.0 Å². The number of sulfonamides is 1. The van der Waals surface area contributed by atoms with E-state index in [-0.39, 0.29) is 16.3 Å². The molecule has 3 rings (SSSR count). The maximum Gasteiger partial charge on any atom is 0.218 e. The summed E-state index contributed by atoms with van der Waals surface area (Å²) in [5.41, 5.74) is 1.33. The molecule has 24 heavy (non-hydrogen) atoms. The molecule has 2 aromatic rings. The van der Waals surface area contributed by atoms with Gasteiger partial charge in [0.05, 0.1) is 5.75 Å². The Labute approximate surface area is 146 Å². The molecule has 7 heteroatoms. The highest BCUT2D eigenvalue weighted by molar-refractivity contribution is 7.88. The third-order valence-corrected chi connectivity index (χ3v) is 6.44. The molecule has 0 unspecified atom stereocenters. The molecule has 0 bridgehead atoms. The Hall–Kier alpha value is -1.50. The first-order valence-electron chi connectivity index (χ1n) is 7.77. The molecule has 0 spiro atoms. The summed E-state index contributed by atoms with van der Waals surface area (Å²) in [4.78, 5) is 4.00. The molecule has 0 saturated carbocycles. The van der Waals surface area contributed by atoms with Crippen LogP contribution in [-0.4, -0.2) is 30.8 Å². The molecule has 0 amide bonds. The van der Waals surface area contributed by atoms with Gasteiger partial charge in [-0.05, 0) is 48.6 Å². The molecule has 0 radical (unpaired) electrons. The summed E-state index contributed by atoms with van der Waals surface area (Å²) in [6.45, 7) is 0.898. The van der Waals surface area contributed by atoms with Crippen molar-refractivity contribution in [3.63, 3.8) is 0 Å². The molecule has 1 saturated heterocycles. The van der Waals surface area contributed by atoms with Crippen LogP contribution in [0.5, 0.6) is 0 Å². The van der Waals surface area contributed by atoms with Crippen molar-refractivity contribution in [2.75, 3.05) is 13.1 Å². The first-order valence-corrected chi connectivity index (χ1v) is 9.76. The molecule has 0 N–H and O–H groups in total. The van der Waals surface area contributed by atoms with E-state index >= 15 is 0 Å². The van der Waals surface area contributed by atoms with Gasteiger partial charge in [-0.1, -0.05) is 17.7 Å². The van der Waals surface area contributed by atoms with Gasteiger partial charge in [0.25, 0.3) is 0 Å². The fraction of sp³-hybridized carbons (Fsp3) is 0.353. The fourth-order valence-electron chi connectivity index (χ4n) is 3.03. The van der Waals surface area contributed by atoms with E-state index in [0.717, 1.165) is 18.9 Å². The van der Waals surface area contributed by atoms with E-state index in [1.54, 1.807) is 12.4 Å². The zero-order valence-electron chi connectivity index (χ0n) is 13.0. The summed E-state index contributed by atoms with van der Waals surface area (Å²) < 4.78 is 40.4. The van der Waals surface area contributed by atoms with Crippen molar-refractivity contribution in [2.45, 2.75) is 24.5 Å². The zero-order chi connectivity index (χ0) is 17.2. The maximum absolute atomic E-state index is 13.9. The van der Waals surface area contributed by atoms with E-state index in [0.29, 0.717) is 19.0 Å². The summed E-state index contributed by atoms with van der Waals surface area (Å²) in [5.74, 6) is -0.583. The van der Waals surface area contributed by atoms with Gasteiger partial charge in [-0.3, -0.25) is 4.98 Å². The van der Waals surface area contributed by atoms with Crippen LogP contribution in [-0.2, 0) is 15.8 Å². The molecule has 0 atom stereocenters. The average Bonchev–Trinajstić information content (AvgIpc) is 2.58. The first kappa shape index (κ1) is 17.3. The van der Waals surface area contributed by atoms with Crippen molar-refractivity contribution in [1.82, 2.24) is 9.29 Å². The van der Waals surface area contributed by atoms with Gasteiger partial charge in [-0.15, -0.1) is 0 Å². The molecule has 128 valence electrons. The van der Waals surface area contributed by atoms with Crippen LogP contribution in [0.1, 0.15) is 29.9 Å². The lowest BCUT2D eigenvalue weighted by Crippen LogP contribution is -2.38. The Morgan fingerprint density at radius 3 is 2.46 bits per heavy atom. The second kappa shape index (κ2) is 7.17. The first-order chi connectivity index (χ1) is 11.5. The van der Waals surface area contributed by atoms with Crippen LogP contribution in [0.4, 0.5) is 4.39 Å². The number of aromatic nitrogens is 1. The summed E-state index contributed by atoms with van der Waals surface area (Å²) in [6, 6.07) is 8.02. The number of rotatable bonds is 4. The number of halogens is 2. The highest BCUT2D eigenvalue weighted by Gasteiger charge is 2.29. The normalized spacial score (nSPS) is 17.1. The molecular formula is C17H18ClFN2O2S. The van der Waals surface area contributed by atoms with Crippen molar-refractivity contribution < 1.29 is 12.8 Å². The van der Waals surface area contributed by atoms with Gasteiger partial charge in [-0.2, -0.15) is 0 Å². The van der Waals surface area contributed by atoms with Gasteiger partial charge >= 0.3 is 0 Å². The third kappa shape index (κ3) is 3.94. The zero-order valence-corrected chi connectivity index (χ0v) is 14.6. The average molecular weight is 369 g/mol. The Balaban J connectivity index is 1.66. The number of nitrogens with zero attached hydrogens (tertiary/aromatic N) is 2. The van der Waals surface area contributed by atoms with Gasteiger partial charge in [0.15, 0.2) is 0 Å². The molecule has 1 aromatic heterocycles. The third-order valence-electron chi connectivity index (χ3n) is 4.38. The molecule has 1 aliphatic rings. The van der Waals surface area contributed by atoms with E-state index in [1.807, 2.05) is 12.1 Å². The Morgan fingerprint density at radius 1 is 1.17 bits per heavy atom. The van der Waals surface area contributed by atoms with Gasteiger partial charge in [0.1, 0.15) is 5.82 Å². The van der Waals surface area contributed by atoms with Crippen LogP contribution < -0.4 is 0 Å². The van der Waals surface area contributed by atoms with Crippen LogP contribution >= 0.6 is 11.6 Å². The molecule has 2 heterocycles. The van der Waals surface area contributed by atoms with Crippen LogP contribution in [0.2, 0.25) is 5.02 Å². The summed E-state index contributed by atoms with van der Waals surface area (Å²) >= 11 is 5.71. The van der Waals surface area contributed by atoms with Crippen molar-refractivity contribution in [1.29, 1.82) is 0 Å². The molecule has 0 aliphatic carbocycles. The number of hydrogen-bond donors (Lipinski definition) is 0. The van der Waals surface area contributed by atoms with Crippen LogP contribution in [0.15, 0.2) is 42.7 Å². The van der Waals surface area contributed by atoms with Crippen molar-refractivity contribution >= 4 is 21.6 Å². The van der Waals surface area contributed by atoms with Gasteiger partial charge in [0, 0.05) is 36.1 Å². The number of benzene rings is 1. The van der Waals surface area contributed by atoms with E-state index < -0.39 is 15.8 Å². The second-order valence-electron chi connectivity index (χ2n) is 5.95. The monoisotopic (exact) mass is 368 g/mol. The Morgan fingerprint density at radius 2 is 1.83 bits per heavy atom. The molecule has 1 fully saturated rings. The minimum absolute atomic E-state index is 0.149. The Kier molecular flexibility index (Phi) is 5.18. The number of pyridine rings is 1. The summed E-state index contributed by atoms with van der Waals surface area (Å²) in [5, 5.41) is 0.256. The Bertz CT molecular complexity index is 807. The van der Waals surface area contributed by atoms with Gasteiger partial charge < -0.3 is 0 Å². The highest BCUT2D eigenvalue weighted by Crippen LogP contribution is 2.29. The highest BCUT2D eigenvalue weighted by atomic mass is 35.5. The van der Waals surface area contributed by atoms with E-state index in [9.17, 15) is 12.8 Å². The minimum Gasteiger partial charge on any atom is -0.265 e. The molecule has 1 aromatic carbocycles. The lowest BCUT2D eigenvalue weighted by atomic mass is 9.91. The summed E-state index contributed by atoms with van der Waals surface area (Å²) in [7, 11) is -3.54. The topological polar surface area (TPSA) is 50.3 Å². The van der Waals surface area contributed by atoms with Crippen molar-refractivity contribution in [3.8, 4) is 0 Å². The lowest BCUT2D eigenvalue weighted by Gasteiger charge is -2.31. The predicted octanol–water partition coefficient (Wildman–Crippen LogP) is 3.58. The molecular weight excluding hydrogens is 351 g/mol. The number of hydrogen-bond acceptors (Lipinski definition) is 3. The van der Waals surface area contributed by atoms with Crippen LogP contribution in [0.25, 0.3) is 0 Å². The predicted molar refractivity (Wildman–Crippen MR) is 91.8 cm³/mol. The van der Waals surface area contributed by atoms with Crippen LogP contribution in [0.3, 0.4) is 0 Å². The quantitative estimate of drug-likeness (QED) is 0.828. The fourth-order valence-corrected chi connectivity index (χ4v) is 4.77. The maximum atomic E-state index is 13.9. The van der Waals surface area contributed by atoms with Gasteiger partial charge in [-0.25, -0.2) is 17.1 Å². The van der Waals surface area contributed by atoms with Crippen molar-refractivity contribution in [2.24, 2.45) is 0 Å². The number of piperidine rings is 1. The lowest BCUT2D eigenvalue weighted by molar-refractivity contribution is 0.319. The minimum atomic E-state index is -3.54. The van der Waals surface area contributed by atoms with Gasteiger partial charge in [0.2, 0.25) is 10.0 Å². The smallest absolute Gasteiger partial charge is 0.218 e. The van der Waals surface area contributed by atoms with E-state index in [4.69, 9.17) is 11.6 Å². The largest absolute Gasteiger partial charge is 0.265 e. The molecule has 4 nitrogen and oxygen atoms in total. The molecule has 1 aliphatic heterocycles.